The van der Waals surface area contributed by atoms with Gasteiger partial charge in [-0.3, -0.25) is 14.9 Å². The molecular weight excluding hydrogens is 442 g/mol. The molecule has 3 rings (SSSR count). The topological polar surface area (TPSA) is 128 Å². The second kappa shape index (κ2) is 11.4. The van der Waals surface area contributed by atoms with Crippen molar-refractivity contribution in [1.82, 2.24) is 25.1 Å². The van der Waals surface area contributed by atoms with Gasteiger partial charge in [0.2, 0.25) is 5.91 Å². The SMILES string of the molecule is CCCNc1nc(SC(C)C)nc2c1cnn2CCNC(=O)/C=C\c1ccc([N+](=O)[O-])cc1. The molecule has 0 bridgehead atoms. The molecule has 0 aliphatic carbocycles. The van der Waals surface area contributed by atoms with Crippen molar-refractivity contribution >= 4 is 46.3 Å². The number of hydrogen-bond acceptors (Lipinski definition) is 8. The minimum absolute atomic E-state index is 0.00913. The molecule has 1 amide bonds. The number of carbonyl (C=O) groups excluding carboxylic acids is 1. The largest absolute Gasteiger partial charge is 0.369 e. The predicted octanol–water partition coefficient (Wildman–Crippen LogP) is 3.89. The number of amides is 1. The Labute approximate surface area is 196 Å². The summed E-state index contributed by atoms with van der Waals surface area (Å²) in [5.41, 5.74) is 1.44. The molecule has 11 heteroatoms. The summed E-state index contributed by atoms with van der Waals surface area (Å²) in [5.74, 6) is 0.507. The van der Waals surface area contributed by atoms with E-state index in [-0.39, 0.29) is 11.6 Å². The van der Waals surface area contributed by atoms with Gasteiger partial charge in [0.25, 0.3) is 5.69 Å². The summed E-state index contributed by atoms with van der Waals surface area (Å²) in [5, 5.41) is 23.2. The van der Waals surface area contributed by atoms with E-state index in [2.05, 4.69) is 46.5 Å². The van der Waals surface area contributed by atoms with E-state index >= 15 is 0 Å². The van der Waals surface area contributed by atoms with Gasteiger partial charge in [-0.1, -0.05) is 32.5 Å². The smallest absolute Gasteiger partial charge is 0.269 e. The molecule has 0 aliphatic heterocycles. The molecule has 0 spiro atoms. The molecule has 2 N–H and O–H groups in total. The highest BCUT2D eigenvalue weighted by Gasteiger charge is 2.14. The first-order chi connectivity index (χ1) is 15.9. The molecule has 0 atom stereocenters. The zero-order valence-electron chi connectivity index (χ0n) is 18.8. The lowest BCUT2D eigenvalue weighted by molar-refractivity contribution is -0.384. The molecule has 33 heavy (non-hydrogen) atoms. The van der Waals surface area contributed by atoms with E-state index in [4.69, 9.17) is 0 Å². The van der Waals surface area contributed by atoms with E-state index in [9.17, 15) is 14.9 Å². The van der Waals surface area contributed by atoms with Gasteiger partial charge < -0.3 is 10.6 Å². The lowest BCUT2D eigenvalue weighted by Crippen LogP contribution is -2.25. The fraction of sp³-hybridized carbons (Fsp3) is 0.364. The number of aromatic nitrogens is 4. The summed E-state index contributed by atoms with van der Waals surface area (Å²) in [7, 11) is 0. The molecule has 0 unspecified atom stereocenters. The second-order valence-electron chi connectivity index (χ2n) is 7.53. The van der Waals surface area contributed by atoms with Gasteiger partial charge in [0.05, 0.1) is 23.1 Å². The van der Waals surface area contributed by atoms with Crippen LogP contribution in [0.4, 0.5) is 11.5 Å². The van der Waals surface area contributed by atoms with Crippen molar-refractivity contribution in [2.24, 2.45) is 0 Å². The maximum Gasteiger partial charge on any atom is 0.269 e. The maximum atomic E-state index is 12.2. The van der Waals surface area contributed by atoms with Crippen LogP contribution in [0.5, 0.6) is 0 Å². The summed E-state index contributed by atoms with van der Waals surface area (Å²) in [6.45, 7) is 7.91. The van der Waals surface area contributed by atoms with Crippen molar-refractivity contribution in [1.29, 1.82) is 0 Å². The molecule has 174 valence electrons. The van der Waals surface area contributed by atoms with Crippen LogP contribution in [0.25, 0.3) is 17.1 Å². The number of anilines is 1. The lowest BCUT2D eigenvalue weighted by atomic mass is 10.2. The monoisotopic (exact) mass is 469 g/mol. The van der Waals surface area contributed by atoms with Crippen LogP contribution in [0, 0.1) is 10.1 Å². The molecule has 0 radical (unpaired) electrons. The third-order valence-corrected chi connectivity index (χ3v) is 5.38. The summed E-state index contributed by atoms with van der Waals surface area (Å²) in [4.78, 5) is 31.7. The van der Waals surface area contributed by atoms with Gasteiger partial charge >= 0.3 is 0 Å². The molecule has 3 aromatic rings. The van der Waals surface area contributed by atoms with Crippen LogP contribution in [0.3, 0.4) is 0 Å². The van der Waals surface area contributed by atoms with E-state index in [1.165, 1.54) is 18.2 Å². The minimum atomic E-state index is -0.461. The van der Waals surface area contributed by atoms with Crippen LogP contribution < -0.4 is 10.6 Å². The summed E-state index contributed by atoms with van der Waals surface area (Å²) < 4.78 is 1.76. The Morgan fingerprint density at radius 1 is 1.24 bits per heavy atom. The fourth-order valence-corrected chi connectivity index (χ4v) is 3.67. The van der Waals surface area contributed by atoms with Crippen molar-refractivity contribution in [3.05, 3.63) is 52.2 Å². The first kappa shape index (κ1) is 24.2. The van der Waals surface area contributed by atoms with Crippen LogP contribution >= 0.6 is 11.8 Å². The van der Waals surface area contributed by atoms with Gasteiger partial charge in [0, 0.05) is 36.5 Å². The lowest BCUT2D eigenvalue weighted by Gasteiger charge is -2.10. The number of benzene rings is 1. The highest BCUT2D eigenvalue weighted by molar-refractivity contribution is 7.99. The van der Waals surface area contributed by atoms with Gasteiger partial charge in [-0.2, -0.15) is 5.10 Å². The molecule has 0 aliphatic rings. The molecule has 10 nitrogen and oxygen atoms in total. The minimum Gasteiger partial charge on any atom is -0.369 e. The molecule has 0 fully saturated rings. The van der Waals surface area contributed by atoms with Gasteiger partial charge in [-0.15, -0.1) is 0 Å². The molecule has 2 aromatic heterocycles. The van der Waals surface area contributed by atoms with Crippen LogP contribution in [0.15, 0.2) is 41.7 Å². The van der Waals surface area contributed by atoms with Crippen molar-refractivity contribution in [3.63, 3.8) is 0 Å². The Kier molecular flexibility index (Phi) is 8.36. The Balaban J connectivity index is 1.64. The fourth-order valence-electron chi connectivity index (χ4n) is 2.96. The number of thioether (sulfide) groups is 1. The first-order valence-corrected chi connectivity index (χ1v) is 11.6. The number of non-ortho nitro benzene ring substituents is 1. The zero-order valence-corrected chi connectivity index (χ0v) is 19.6. The number of nitro groups is 1. The number of nitro benzene ring substituents is 1. The molecule has 1 aromatic carbocycles. The second-order valence-corrected chi connectivity index (χ2v) is 9.07. The maximum absolute atomic E-state index is 12.2. The average Bonchev–Trinajstić information content (AvgIpc) is 3.19. The standard InChI is InChI=1S/C22H27N7O3S/c1-4-11-24-20-18-14-25-28(21(18)27-22(26-20)33-15(2)3)13-12-23-19(30)10-7-16-5-8-17(9-6-16)29(31)32/h5-10,14-15H,4,11-13H2,1-3H3,(H,23,30)(H,24,26,27)/b10-7-. The highest BCUT2D eigenvalue weighted by Crippen LogP contribution is 2.26. The zero-order chi connectivity index (χ0) is 23.8. The van der Waals surface area contributed by atoms with Crippen LogP contribution in [-0.2, 0) is 11.3 Å². The summed E-state index contributed by atoms with van der Waals surface area (Å²) in [6, 6.07) is 5.98. The Morgan fingerprint density at radius 2 is 2.00 bits per heavy atom. The van der Waals surface area contributed by atoms with Gasteiger partial charge in [0.1, 0.15) is 5.82 Å². The van der Waals surface area contributed by atoms with E-state index < -0.39 is 4.92 Å². The first-order valence-electron chi connectivity index (χ1n) is 10.7. The van der Waals surface area contributed by atoms with Crippen molar-refractivity contribution in [2.75, 3.05) is 18.4 Å². The quantitative estimate of drug-likeness (QED) is 0.142. The summed E-state index contributed by atoms with van der Waals surface area (Å²) in [6.07, 6.45) is 5.73. The highest BCUT2D eigenvalue weighted by atomic mass is 32.2. The number of carbonyl (C=O) groups is 1. The Hall–Kier alpha value is -3.47. The number of hydrogen-bond donors (Lipinski definition) is 2. The van der Waals surface area contributed by atoms with Gasteiger partial charge in [-0.25, -0.2) is 14.6 Å². The molecule has 0 saturated carbocycles. The van der Waals surface area contributed by atoms with Crippen LogP contribution in [0.1, 0.15) is 32.8 Å². The number of rotatable bonds is 11. The van der Waals surface area contributed by atoms with Crippen LogP contribution in [0.2, 0.25) is 0 Å². The van der Waals surface area contributed by atoms with E-state index in [1.54, 1.807) is 40.8 Å². The van der Waals surface area contributed by atoms with Gasteiger partial charge in [0.15, 0.2) is 10.8 Å². The summed E-state index contributed by atoms with van der Waals surface area (Å²) >= 11 is 1.59. The van der Waals surface area contributed by atoms with Crippen molar-refractivity contribution in [3.8, 4) is 0 Å². The molecule has 0 saturated heterocycles. The van der Waals surface area contributed by atoms with E-state index in [0.717, 1.165) is 29.8 Å². The Morgan fingerprint density at radius 3 is 2.67 bits per heavy atom. The molecular formula is C22H27N7O3S. The number of nitrogens with one attached hydrogen (secondary N) is 2. The van der Waals surface area contributed by atoms with E-state index in [1.807, 2.05) is 0 Å². The molecule has 2 heterocycles. The third-order valence-electron chi connectivity index (χ3n) is 4.51. The van der Waals surface area contributed by atoms with E-state index in [0.29, 0.717) is 29.1 Å². The predicted molar refractivity (Wildman–Crippen MR) is 130 cm³/mol. The third kappa shape index (κ3) is 6.75. The Bertz CT molecular complexity index is 1140. The normalized spacial score (nSPS) is 11.4. The van der Waals surface area contributed by atoms with Crippen LogP contribution in [-0.4, -0.2) is 48.9 Å². The number of nitrogens with zero attached hydrogens (tertiary/aromatic N) is 5. The van der Waals surface area contributed by atoms with Crippen molar-refractivity contribution < 1.29 is 9.72 Å². The average molecular weight is 470 g/mol. The van der Waals surface area contributed by atoms with Crippen molar-refractivity contribution in [2.45, 2.75) is 44.1 Å². The number of fused-ring (bicyclic) bond motifs is 1. The van der Waals surface area contributed by atoms with Gasteiger partial charge in [-0.05, 0) is 30.2 Å².